The average Bonchev–Trinajstić information content (AvgIpc) is 3.27. The van der Waals surface area contributed by atoms with E-state index >= 15 is 0 Å². The normalized spacial score (nSPS) is 17.0. The van der Waals surface area contributed by atoms with Crippen molar-refractivity contribution >= 4 is 17.0 Å². The smallest absolute Gasteiger partial charge is 0.478 e. The Morgan fingerprint density at radius 1 is 1.31 bits per heavy atom. The summed E-state index contributed by atoms with van der Waals surface area (Å²) in [6, 6.07) is 8.79. The van der Waals surface area contributed by atoms with Crippen molar-refractivity contribution in [1.29, 1.82) is 0 Å². The number of alkyl halides is 3. The third-order valence-electron chi connectivity index (χ3n) is 4.88. The highest BCUT2D eigenvalue weighted by molar-refractivity contribution is 5.91. The highest BCUT2D eigenvalue weighted by atomic mass is 19.4. The van der Waals surface area contributed by atoms with Gasteiger partial charge in [0, 0.05) is 12.7 Å². The molecule has 0 spiro atoms. The SMILES string of the molecule is Cc1c(C(=O)O)cccc1-n1c([C@H]2CCCO2)nc2cc(OC(F)(F)F)ccc21. The summed E-state index contributed by atoms with van der Waals surface area (Å²) >= 11 is 0. The number of benzene rings is 2. The number of rotatable bonds is 4. The van der Waals surface area contributed by atoms with Gasteiger partial charge < -0.3 is 14.6 Å². The predicted molar refractivity (Wildman–Crippen MR) is 97.4 cm³/mol. The highest BCUT2D eigenvalue weighted by Gasteiger charge is 2.32. The van der Waals surface area contributed by atoms with Crippen LogP contribution < -0.4 is 4.74 Å². The van der Waals surface area contributed by atoms with Crippen LogP contribution in [0.25, 0.3) is 16.7 Å². The fourth-order valence-corrected chi connectivity index (χ4v) is 3.62. The number of hydrogen-bond donors (Lipinski definition) is 1. The van der Waals surface area contributed by atoms with Gasteiger partial charge in [0.1, 0.15) is 17.7 Å². The molecule has 0 amide bonds. The maximum absolute atomic E-state index is 12.6. The number of aromatic carboxylic acids is 1. The van der Waals surface area contributed by atoms with Crippen molar-refractivity contribution in [3.8, 4) is 11.4 Å². The zero-order valence-electron chi connectivity index (χ0n) is 15.4. The zero-order valence-corrected chi connectivity index (χ0v) is 15.4. The van der Waals surface area contributed by atoms with Gasteiger partial charge in [-0.25, -0.2) is 9.78 Å². The molecule has 1 aliphatic rings. The lowest BCUT2D eigenvalue weighted by atomic mass is 10.1. The summed E-state index contributed by atoms with van der Waals surface area (Å²) in [5, 5.41) is 9.45. The van der Waals surface area contributed by atoms with Gasteiger partial charge in [0.15, 0.2) is 0 Å². The molecule has 1 saturated heterocycles. The minimum Gasteiger partial charge on any atom is -0.478 e. The Kier molecular flexibility index (Phi) is 4.70. The number of hydrogen-bond acceptors (Lipinski definition) is 4. The molecule has 0 bridgehead atoms. The monoisotopic (exact) mass is 406 g/mol. The van der Waals surface area contributed by atoms with Crippen LogP contribution in [0.3, 0.4) is 0 Å². The van der Waals surface area contributed by atoms with Crippen LogP contribution in [0.1, 0.15) is 40.7 Å². The Morgan fingerprint density at radius 2 is 2.10 bits per heavy atom. The third kappa shape index (κ3) is 3.65. The first-order valence-electron chi connectivity index (χ1n) is 8.97. The molecule has 1 aromatic heterocycles. The van der Waals surface area contributed by atoms with Crippen molar-refractivity contribution in [1.82, 2.24) is 9.55 Å². The van der Waals surface area contributed by atoms with Crippen LogP contribution in [0.4, 0.5) is 13.2 Å². The maximum atomic E-state index is 12.6. The van der Waals surface area contributed by atoms with Crippen molar-refractivity contribution in [3.05, 3.63) is 53.3 Å². The van der Waals surface area contributed by atoms with E-state index in [1.807, 2.05) is 0 Å². The molecule has 2 aromatic carbocycles. The largest absolute Gasteiger partial charge is 0.573 e. The van der Waals surface area contributed by atoms with E-state index in [4.69, 9.17) is 4.74 Å². The fourth-order valence-electron chi connectivity index (χ4n) is 3.62. The van der Waals surface area contributed by atoms with E-state index < -0.39 is 12.3 Å². The van der Waals surface area contributed by atoms with Gasteiger partial charge in [-0.05, 0) is 49.6 Å². The molecule has 9 heteroatoms. The molecule has 0 aliphatic carbocycles. The van der Waals surface area contributed by atoms with E-state index in [-0.39, 0.29) is 17.4 Å². The Labute approximate surface area is 163 Å². The first kappa shape index (κ1) is 19.3. The number of nitrogens with zero attached hydrogens (tertiary/aromatic N) is 2. The molecule has 6 nitrogen and oxygen atoms in total. The van der Waals surface area contributed by atoms with E-state index in [0.29, 0.717) is 41.1 Å². The summed E-state index contributed by atoms with van der Waals surface area (Å²) < 4.78 is 49.3. The number of fused-ring (bicyclic) bond motifs is 1. The molecule has 1 N–H and O–H groups in total. The second-order valence-electron chi connectivity index (χ2n) is 6.76. The number of carboxylic acids is 1. The number of carboxylic acid groups (broad SMARTS) is 1. The highest BCUT2D eigenvalue weighted by Crippen LogP contribution is 2.35. The van der Waals surface area contributed by atoms with Crippen molar-refractivity contribution in [3.63, 3.8) is 0 Å². The molecule has 1 atom stereocenters. The molecule has 0 unspecified atom stereocenters. The summed E-state index contributed by atoms with van der Waals surface area (Å²) in [6.07, 6.45) is -3.58. The second kappa shape index (κ2) is 7.07. The number of carbonyl (C=O) groups is 1. The van der Waals surface area contributed by atoms with Crippen LogP contribution in [0.2, 0.25) is 0 Å². The maximum Gasteiger partial charge on any atom is 0.573 e. The van der Waals surface area contributed by atoms with Crippen molar-refractivity contribution in [2.75, 3.05) is 6.61 Å². The molecule has 152 valence electrons. The molecule has 1 fully saturated rings. The average molecular weight is 406 g/mol. The van der Waals surface area contributed by atoms with Crippen LogP contribution in [-0.4, -0.2) is 33.6 Å². The number of halogens is 3. The van der Waals surface area contributed by atoms with E-state index in [0.717, 1.165) is 6.42 Å². The molecule has 0 radical (unpaired) electrons. The summed E-state index contributed by atoms with van der Waals surface area (Å²) in [5.41, 5.74) is 2.09. The van der Waals surface area contributed by atoms with Gasteiger partial charge in [0.05, 0.1) is 22.3 Å². The van der Waals surface area contributed by atoms with Gasteiger partial charge in [-0.3, -0.25) is 4.57 Å². The van der Waals surface area contributed by atoms with Crippen molar-refractivity contribution < 1.29 is 32.5 Å². The molecule has 0 saturated carbocycles. The van der Waals surface area contributed by atoms with Gasteiger partial charge in [0.2, 0.25) is 0 Å². The lowest BCUT2D eigenvalue weighted by Crippen LogP contribution is -2.17. The molecule has 29 heavy (non-hydrogen) atoms. The van der Waals surface area contributed by atoms with Gasteiger partial charge in [-0.1, -0.05) is 6.07 Å². The first-order valence-corrected chi connectivity index (χ1v) is 8.97. The Hall–Kier alpha value is -3.07. The predicted octanol–water partition coefficient (Wildman–Crippen LogP) is 4.78. The molecule has 2 heterocycles. The van der Waals surface area contributed by atoms with Crippen molar-refractivity contribution in [2.45, 2.75) is 32.2 Å². The summed E-state index contributed by atoms with van der Waals surface area (Å²) in [7, 11) is 0. The summed E-state index contributed by atoms with van der Waals surface area (Å²) in [6.45, 7) is 2.25. The van der Waals surface area contributed by atoms with E-state index in [2.05, 4.69) is 9.72 Å². The van der Waals surface area contributed by atoms with Gasteiger partial charge in [0.25, 0.3) is 0 Å². The first-order chi connectivity index (χ1) is 13.7. The lowest BCUT2D eigenvalue weighted by molar-refractivity contribution is -0.274. The fraction of sp³-hybridized carbons (Fsp3) is 0.300. The minimum absolute atomic E-state index is 0.139. The van der Waals surface area contributed by atoms with E-state index in [1.54, 1.807) is 23.6 Å². The molecular formula is C20H17F3N2O4. The number of ether oxygens (including phenoxy) is 2. The van der Waals surface area contributed by atoms with Crippen LogP contribution >= 0.6 is 0 Å². The summed E-state index contributed by atoms with van der Waals surface area (Å²) in [4.78, 5) is 16.1. The third-order valence-corrected chi connectivity index (χ3v) is 4.88. The lowest BCUT2D eigenvalue weighted by Gasteiger charge is -2.16. The quantitative estimate of drug-likeness (QED) is 0.675. The topological polar surface area (TPSA) is 73.6 Å². The van der Waals surface area contributed by atoms with Crippen molar-refractivity contribution in [2.24, 2.45) is 0 Å². The molecule has 4 rings (SSSR count). The van der Waals surface area contributed by atoms with Gasteiger partial charge in [-0.15, -0.1) is 13.2 Å². The van der Waals surface area contributed by atoms with Crippen LogP contribution in [-0.2, 0) is 4.74 Å². The number of aromatic nitrogens is 2. The minimum atomic E-state index is -4.81. The summed E-state index contributed by atoms with van der Waals surface area (Å²) in [5.74, 6) is -0.912. The van der Waals surface area contributed by atoms with Crippen LogP contribution in [0.5, 0.6) is 5.75 Å². The Bertz CT molecular complexity index is 1090. The van der Waals surface area contributed by atoms with Crippen LogP contribution in [0, 0.1) is 6.92 Å². The number of imidazole rings is 1. The Morgan fingerprint density at radius 3 is 2.76 bits per heavy atom. The van der Waals surface area contributed by atoms with Gasteiger partial charge in [-0.2, -0.15) is 0 Å². The van der Waals surface area contributed by atoms with E-state index in [1.165, 1.54) is 24.3 Å². The standard InChI is InChI=1S/C20H17F3N2O4/c1-11-13(19(26)27)4-2-5-15(11)25-16-8-7-12(29-20(21,22)23)10-14(16)24-18(25)17-6-3-9-28-17/h2,4-5,7-8,10,17H,3,6,9H2,1H3,(H,26,27)/t17-/m1/s1. The van der Waals surface area contributed by atoms with E-state index in [9.17, 15) is 23.1 Å². The molecule has 3 aromatic rings. The Balaban J connectivity index is 1.93. The molecular weight excluding hydrogens is 389 g/mol. The van der Waals surface area contributed by atoms with Gasteiger partial charge >= 0.3 is 12.3 Å². The zero-order chi connectivity index (χ0) is 20.8. The van der Waals surface area contributed by atoms with Crippen LogP contribution in [0.15, 0.2) is 36.4 Å². The second-order valence-corrected chi connectivity index (χ2v) is 6.76. The molecule has 1 aliphatic heterocycles.